The summed E-state index contributed by atoms with van der Waals surface area (Å²) in [6.45, 7) is 3.52. The van der Waals surface area contributed by atoms with Gasteiger partial charge in [-0.25, -0.2) is 4.99 Å². The third-order valence-corrected chi connectivity index (χ3v) is 5.37. The Bertz CT molecular complexity index is 634. The van der Waals surface area contributed by atoms with Gasteiger partial charge in [0.05, 0.1) is 0 Å². The van der Waals surface area contributed by atoms with Crippen molar-refractivity contribution < 1.29 is 4.42 Å². The first-order valence-electron chi connectivity index (χ1n) is 8.33. The van der Waals surface area contributed by atoms with Gasteiger partial charge in [0.2, 0.25) is 0 Å². The molecule has 2 aromatic rings. The average molecular weight is 331 g/mol. The van der Waals surface area contributed by atoms with Crippen molar-refractivity contribution in [2.45, 2.75) is 44.0 Å². The Morgan fingerprint density at radius 2 is 2.22 bits per heavy atom. The maximum absolute atomic E-state index is 5.84. The van der Waals surface area contributed by atoms with Gasteiger partial charge in [-0.15, -0.1) is 0 Å². The van der Waals surface area contributed by atoms with Gasteiger partial charge in [0.1, 0.15) is 17.9 Å². The molecule has 0 radical (unpaired) electrons. The smallest absolute Gasteiger partial charge is 0.191 e. The van der Waals surface area contributed by atoms with Crippen LogP contribution in [0.1, 0.15) is 31.9 Å². The summed E-state index contributed by atoms with van der Waals surface area (Å²) in [7, 11) is 0. The minimum absolute atomic E-state index is 0.529. The molecule has 0 aliphatic heterocycles. The molecule has 0 saturated heterocycles. The summed E-state index contributed by atoms with van der Waals surface area (Å²) in [5.74, 6) is 1.79. The molecule has 2 unspecified atom stereocenters. The highest BCUT2D eigenvalue weighted by atomic mass is 32.2. The number of para-hydroxylation sites is 1. The Kier molecular flexibility index (Phi) is 5.49. The predicted octanol–water partition coefficient (Wildman–Crippen LogP) is 3.77. The third kappa shape index (κ3) is 4.22. The van der Waals surface area contributed by atoms with Crippen LogP contribution in [0, 0.1) is 0 Å². The lowest BCUT2D eigenvalue weighted by atomic mass is 10.2. The Hall–Kier alpha value is -1.62. The number of thioether (sulfide) groups is 1. The van der Waals surface area contributed by atoms with E-state index in [9.17, 15) is 0 Å². The topological polar surface area (TPSA) is 49.6 Å². The van der Waals surface area contributed by atoms with Gasteiger partial charge in [-0.2, -0.15) is 11.8 Å². The van der Waals surface area contributed by atoms with Gasteiger partial charge in [0.15, 0.2) is 5.96 Å². The molecule has 1 fully saturated rings. The number of guanidine groups is 1. The summed E-state index contributed by atoms with van der Waals surface area (Å²) >= 11 is 1.97. The van der Waals surface area contributed by atoms with E-state index in [0.29, 0.717) is 12.6 Å². The van der Waals surface area contributed by atoms with Crippen molar-refractivity contribution in [1.82, 2.24) is 10.6 Å². The molecule has 23 heavy (non-hydrogen) atoms. The van der Waals surface area contributed by atoms with Crippen LogP contribution in [-0.2, 0) is 6.54 Å². The summed E-state index contributed by atoms with van der Waals surface area (Å²) in [5.41, 5.74) is 0.925. The first kappa shape index (κ1) is 16.2. The van der Waals surface area contributed by atoms with Crippen LogP contribution < -0.4 is 10.6 Å². The van der Waals surface area contributed by atoms with Crippen molar-refractivity contribution in [3.8, 4) is 0 Å². The fraction of sp³-hybridized carbons (Fsp3) is 0.500. The molecule has 0 spiro atoms. The maximum atomic E-state index is 5.84. The summed E-state index contributed by atoms with van der Waals surface area (Å²) in [4.78, 5) is 4.69. The largest absolute Gasteiger partial charge is 0.459 e. The number of benzene rings is 1. The molecule has 124 valence electrons. The molecular weight excluding hydrogens is 306 g/mol. The lowest BCUT2D eigenvalue weighted by Gasteiger charge is -2.17. The van der Waals surface area contributed by atoms with E-state index in [-0.39, 0.29) is 0 Å². The number of nitrogens with zero attached hydrogens (tertiary/aromatic N) is 1. The van der Waals surface area contributed by atoms with Crippen LogP contribution in [0.3, 0.4) is 0 Å². The molecule has 1 aromatic heterocycles. The van der Waals surface area contributed by atoms with Gasteiger partial charge in [0.25, 0.3) is 0 Å². The van der Waals surface area contributed by atoms with Crippen LogP contribution in [0.25, 0.3) is 11.0 Å². The highest BCUT2D eigenvalue weighted by molar-refractivity contribution is 7.99. The Morgan fingerprint density at radius 3 is 2.96 bits per heavy atom. The molecule has 2 atom stereocenters. The zero-order valence-corrected chi connectivity index (χ0v) is 14.7. The van der Waals surface area contributed by atoms with Crippen LogP contribution in [0.5, 0.6) is 0 Å². The lowest BCUT2D eigenvalue weighted by molar-refractivity contribution is 0.549. The number of aliphatic imine (C=N–C) groups is 1. The number of hydrogen-bond acceptors (Lipinski definition) is 3. The van der Waals surface area contributed by atoms with Crippen molar-refractivity contribution in [1.29, 1.82) is 0 Å². The molecule has 1 aliphatic rings. The van der Waals surface area contributed by atoms with Crippen molar-refractivity contribution in [3.63, 3.8) is 0 Å². The number of rotatable bonds is 5. The first-order chi connectivity index (χ1) is 11.3. The van der Waals surface area contributed by atoms with Crippen molar-refractivity contribution >= 4 is 28.7 Å². The van der Waals surface area contributed by atoms with E-state index in [1.807, 2.05) is 30.0 Å². The van der Waals surface area contributed by atoms with E-state index < -0.39 is 0 Å². The van der Waals surface area contributed by atoms with E-state index in [0.717, 1.165) is 34.5 Å². The normalized spacial score (nSPS) is 21.7. The fourth-order valence-corrected chi connectivity index (χ4v) is 3.87. The summed E-state index contributed by atoms with van der Waals surface area (Å²) < 4.78 is 5.84. The van der Waals surface area contributed by atoms with E-state index in [2.05, 4.69) is 40.9 Å². The summed E-state index contributed by atoms with van der Waals surface area (Å²) in [5, 5.41) is 8.82. The summed E-state index contributed by atoms with van der Waals surface area (Å²) in [6.07, 6.45) is 5.94. The number of hydrogen-bond donors (Lipinski definition) is 2. The maximum Gasteiger partial charge on any atom is 0.191 e. The second-order valence-corrected chi connectivity index (χ2v) is 7.10. The van der Waals surface area contributed by atoms with Crippen molar-refractivity contribution in [2.24, 2.45) is 4.99 Å². The van der Waals surface area contributed by atoms with Crippen LogP contribution in [0.15, 0.2) is 39.7 Å². The molecule has 2 N–H and O–H groups in total. The molecule has 1 aliphatic carbocycles. The molecule has 4 nitrogen and oxygen atoms in total. The number of fused-ring (bicyclic) bond motifs is 1. The van der Waals surface area contributed by atoms with E-state index in [1.165, 1.54) is 19.3 Å². The highest BCUT2D eigenvalue weighted by Gasteiger charge is 2.24. The summed E-state index contributed by atoms with van der Waals surface area (Å²) in [6, 6.07) is 10.7. The van der Waals surface area contributed by atoms with Gasteiger partial charge >= 0.3 is 0 Å². The number of nitrogens with one attached hydrogen (secondary N) is 2. The number of furan rings is 1. The quantitative estimate of drug-likeness (QED) is 0.647. The van der Waals surface area contributed by atoms with Gasteiger partial charge in [-0.05, 0) is 44.6 Å². The van der Waals surface area contributed by atoms with Gasteiger partial charge < -0.3 is 15.1 Å². The second kappa shape index (κ2) is 7.77. The Labute approximate surface area is 142 Å². The standard InChI is InChI=1S/C18H25N3OS/c1-3-19-18(21-14-8-9-16(11-14)23-2)20-12-15-10-13-6-4-5-7-17(13)22-15/h4-7,10,14,16H,3,8-9,11-12H2,1-2H3,(H2,19,20,21). The van der Waals surface area contributed by atoms with Crippen molar-refractivity contribution in [3.05, 3.63) is 36.1 Å². The zero-order valence-electron chi connectivity index (χ0n) is 13.8. The lowest BCUT2D eigenvalue weighted by Crippen LogP contribution is -2.42. The SMILES string of the molecule is CCNC(=NCc1cc2ccccc2o1)NC1CCC(SC)C1. The van der Waals surface area contributed by atoms with Crippen molar-refractivity contribution in [2.75, 3.05) is 12.8 Å². The van der Waals surface area contributed by atoms with E-state index in [1.54, 1.807) is 0 Å². The molecule has 3 rings (SSSR count). The molecular formula is C18H25N3OS. The average Bonchev–Trinajstić information content (AvgIpc) is 3.18. The monoisotopic (exact) mass is 331 g/mol. The zero-order chi connectivity index (χ0) is 16.1. The van der Waals surface area contributed by atoms with E-state index in [4.69, 9.17) is 4.42 Å². The Balaban J connectivity index is 1.64. The van der Waals surface area contributed by atoms with Crippen LogP contribution >= 0.6 is 11.8 Å². The van der Waals surface area contributed by atoms with Crippen LogP contribution in [0.2, 0.25) is 0 Å². The van der Waals surface area contributed by atoms with Gasteiger partial charge in [-0.3, -0.25) is 0 Å². The van der Waals surface area contributed by atoms with Gasteiger partial charge in [0, 0.05) is 23.2 Å². The van der Waals surface area contributed by atoms with E-state index >= 15 is 0 Å². The minimum atomic E-state index is 0.529. The third-order valence-electron chi connectivity index (χ3n) is 4.27. The van der Waals surface area contributed by atoms with Gasteiger partial charge in [-0.1, -0.05) is 18.2 Å². The molecule has 0 amide bonds. The predicted molar refractivity (Wildman–Crippen MR) is 99.1 cm³/mol. The minimum Gasteiger partial charge on any atom is -0.459 e. The molecule has 1 aromatic carbocycles. The molecule has 0 bridgehead atoms. The fourth-order valence-electron chi connectivity index (χ4n) is 3.07. The van der Waals surface area contributed by atoms with Crippen LogP contribution in [0.4, 0.5) is 0 Å². The first-order valence-corrected chi connectivity index (χ1v) is 9.62. The molecule has 5 heteroatoms. The highest BCUT2D eigenvalue weighted by Crippen LogP contribution is 2.28. The second-order valence-electron chi connectivity index (χ2n) is 5.96. The Morgan fingerprint density at radius 1 is 1.35 bits per heavy atom. The van der Waals surface area contributed by atoms with Crippen LogP contribution in [-0.4, -0.2) is 30.1 Å². The molecule has 1 heterocycles. The molecule has 1 saturated carbocycles.